The summed E-state index contributed by atoms with van der Waals surface area (Å²) in [6, 6.07) is 21.0. The van der Waals surface area contributed by atoms with Crippen LogP contribution in [0.2, 0.25) is 0 Å². The van der Waals surface area contributed by atoms with Gasteiger partial charge in [-0.15, -0.1) is 0 Å². The Morgan fingerprint density at radius 2 is 1.55 bits per heavy atom. The Labute approximate surface area is 193 Å². The maximum atomic E-state index is 12.8. The third-order valence-corrected chi connectivity index (χ3v) is 6.36. The maximum absolute atomic E-state index is 12.8. The fraction of sp³-hybridized carbons (Fsp3) is 0.200. The van der Waals surface area contributed by atoms with E-state index < -0.39 is 27.9 Å². The third-order valence-electron chi connectivity index (χ3n) is 4.98. The minimum Gasteiger partial charge on any atom is -0.464 e. The molecule has 0 saturated carbocycles. The number of esters is 1. The minimum absolute atomic E-state index is 0.0218. The number of hydrogen-bond acceptors (Lipinski definition) is 5. The molecule has 0 aliphatic carbocycles. The van der Waals surface area contributed by atoms with Gasteiger partial charge in [0.25, 0.3) is 15.9 Å². The van der Waals surface area contributed by atoms with Gasteiger partial charge in [-0.25, -0.2) is 13.2 Å². The van der Waals surface area contributed by atoms with E-state index in [0.29, 0.717) is 5.69 Å². The molecule has 1 unspecified atom stereocenters. The van der Waals surface area contributed by atoms with E-state index in [-0.39, 0.29) is 23.5 Å². The average Bonchev–Trinajstić information content (AvgIpc) is 2.81. The largest absolute Gasteiger partial charge is 0.464 e. The lowest BCUT2D eigenvalue weighted by atomic mass is 10.1. The van der Waals surface area contributed by atoms with Crippen LogP contribution in [-0.4, -0.2) is 32.9 Å². The van der Waals surface area contributed by atoms with Crippen LogP contribution in [0.3, 0.4) is 0 Å². The number of nitrogens with one attached hydrogen (secondary N) is 2. The molecule has 1 amide bonds. The molecule has 0 aliphatic heterocycles. The van der Waals surface area contributed by atoms with E-state index in [9.17, 15) is 18.0 Å². The topological polar surface area (TPSA) is 102 Å². The second kappa shape index (κ2) is 10.8. The molecule has 0 radical (unpaired) electrons. The van der Waals surface area contributed by atoms with Gasteiger partial charge in [0.2, 0.25) is 0 Å². The average molecular weight is 467 g/mol. The predicted molar refractivity (Wildman–Crippen MR) is 126 cm³/mol. The molecule has 3 aromatic rings. The number of carbonyl (C=O) groups is 2. The van der Waals surface area contributed by atoms with E-state index in [1.165, 1.54) is 24.3 Å². The monoisotopic (exact) mass is 466 g/mol. The summed E-state index contributed by atoms with van der Waals surface area (Å²) in [5.74, 6) is -1.03. The van der Waals surface area contributed by atoms with E-state index in [1.807, 2.05) is 36.4 Å². The normalized spacial score (nSPS) is 11.9. The SMILES string of the molecule is CCOC(=O)C(Cc1ccccc1)NC(=O)c1ccc(S(=O)(=O)Nc2ccccc2C)cc1. The van der Waals surface area contributed by atoms with Crippen molar-refractivity contribution in [2.24, 2.45) is 0 Å². The number of anilines is 1. The van der Waals surface area contributed by atoms with Gasteiger partial charge >= 0.3 is 5.97 Å². The number of benzene rings is 3. The lowest BCUT2D eigenvalue weighted by Gasteiger charge is -2.17. The summed E-state index contributed by atoms with van der Waals surface area (Å²) in [6.07, 6.45) is 0.276. The molecule has 172 valence electrons. The van der Waals surface area contributed by atoms with Crippen molar-refractivity contribution >= 4 is 27.6 Å². The molecule has 2 N–H and O–H groups in total. The molecule has 1 atom stereocenters. The molecule has 0 saturated heterocycles. The molecular weight excluding hydrogens is 440 g/mol. The zero-order chi connectivity index (χ0) is 23.8. The van der Waals surface area contributed by atoms with Crippen molar-refractivity contribution in [3.8, 4) is 0 Å². The summed E-state index contributed by atoms with van der Waals surface area (Å²) in [4.78, 5) is 25.2. The number of amides is 1. The predicted octanol–water partition coefficient (Wildman–Crippen LogP) is 3.70. The zero-order valence-corrected chi connectivity index (χ0v) is 19.3. The smallest absolute Gasteiger partial charge is 0.328 e. The molecule has 0 fully saturated rings. The van der Waals surface area contributed by atoms with E-state index >= 15 is 0 Å². The van der Waals surface area contributed by atoms with E-state index in [0.717, 1.165) is 11.1 Å². The van der Waals surface area contributed by atoms with Gasteiger partial charge in [0.05, 0.1) is 17.2 Å². The quantitative estimate of drug-likeness (QED) is 0.468. The zero-order valence-electron chi connectivity index (χ0n) is 18.4. The van der Waals surface area contributed by atoms with Crippen molar-refractivity contribution in [1.82, 2.24) is 5.32 Å². The fourth-order valence-corrected chi connectivity index (χ4v) is 4.33. The van der Waals surface area contributed by atoms with Crippen LogP contribution in [-0.2, 0) is 26.0 Å². The first-order chi connectivity index (χ1) is 15.8. The maximum Gasteiger partial charge on any atom is 0.328 e. The van der Waals surface area contributed by atoms with Gasteiger partial charge in [0.1, 0.15) is 6.04 Å². The van der Waals surface area contributed by atoms with Crippen LogP contribution in [0.4, 0.5) is 5.69 Å². The van der Waals surface area contributed by atoms with Gasteiger partial charge in [0, 0.05) is 12.0 Å². The number of ether oxygens (including phenoxy) is 1. The Hall–Kier alpha value is -3.65. The van der Waals surface area contributed by atoms with Crippen LogP contribution in [0.5, 0.6) is 0 Å². The molecule has 0 aromatic heterocycles. The summed E-state index contributed by atoms with van der Waals surface area (Å²) >= 11 is 0. The first-order valence-corrected chi connectivity index (χ1v) is 12.0. The Morgan fingerprint density at radius 1 is 0.909 bits per heavy atom. The molecule has 0 spiro atoms. The van der Waals surface area contributed by atoms with E-state index in [4.69, 9.17) is 4.74 Å². The summed E-state index contributed by atoms with van der Waals surface area (Å²) in [5.41, 5.74) is 2.38. The second-order valence-corrected chi connectivity index (χ2v) is 9.10. The number of carbonyl (C=O) groups excluding carboxylic acids is 2. The molecule has 8 heteroatoms. The number of aryl methyl sites for hydroxylation is 1. The molecular formula is C25H26N2O5S. The van der Waals surface area contributed by atoms with Crippen molar-refractivity contribution in [3.05, 3.63) is 95.6 Å². The number of para-hydroxylation sites is 1. The molecule has 0 heterocycles. The highest BCUT2D eigenvalue weighted by Crippen LogP contribution is 2.19. The van der Waals surface area contributed by atoms with Gasteiger partial charge in [-0.3, -0.25) is 9.52 Å². The van der Waals surface area contributed by atoms with Crippen LogP contribution >= 0.6 is 0 Å². The number of sulfonamides is 1. The third kappa shape index (κ3) is 6.43. The summed E-state index contributed by atoms with van der Waals surface area (Å²) in [6.45, 7) is 3.70. The van der Waals surface area contributed by atoms with Crippen LogP contribution in [0.15, 0.2) is 83.8 Å². The molecule has 7 nitrogen and oxygen atoms in total. The van der Waals surface area contributed by atoms with Crippen LogP contribution in [0.25, 0.3) is 0 Å². The van der Waals surface area contributed by atoms with Crippen molar-refractivity contribution < 1.29 is 22.7 Å². The standard InChI is InChI=1S/C25H26N2O5S/c1-3-32-25(29)23(17-19-10-5-4-6-11-19)26-24(28)20-13-15-21(16-14-20)33(30,31)27-22-12-8-7-9-18(22)2/h4-16,23,27H,3,17H2,1-2H3,(H,26,28). The Bertz CT molecular complexity index is 1210. The van der Waals surface area contributed by atoms with Gasteiger partial charge < -0.3 is 10.1 Å². The first kappa shape index (κ1) is 24.0. The highest BCUT2D eigenvalue weighted by molar-refractivity contribution is 7.92. The molecule has 33 heavy (non-hydrogen) atoms. The summed E-state index contributed by atoms with van der Waals surface area (Å²) in [7, 11) is -3.82. The molecule has 3 aromatic carbocycles. The molecule has 0 bridgehead atoms. The highest BCUT2D eigenvalue weighted by atomic mass is 32.2. The van der Waals surface area contributed by atoms with Crippen LogP contribution < -0.4 is 10.0 Å². The van der Waals surface area contributed by atoms with Crippen molar-refractivity contribution in [3.63, 3.8) is 0 Å². The minimum atomic E-state index is -3.82. The summed E-state index contributed by atoms with van der Waals surface area (Å²) < 4.78 is 33.1. The number of rotatable bonds is 9. The first-order valence-electron chi connectivity index (χ1n) is 10.5. The van der Waals surface area contributed by atoms with Crippen LogP contribution in [0, 0.1) is 6.92 Å². The molecule has 0 aliphatic rings. The van der Waals surface area contributed by atoms with Crippen molar-refractivity contribution in [2.45, 2.75) is 31.2 Å². The van der Waals surface area contributed by atoms with E-state index in [2.05, 4.69) is 10.0 Å². The van der Waals surface area contributed by atoms with Gasteiger partial charge in [-0.1, -0.05) is 48.5 Å². The van der Waals surface area contributed by atoms with Crippen molar-refractivity contribution in [2.75, 3.05) is 11.3 Å². The van der Waals surface area contributed by atoms with Gasteiger partial charge in [-0.05, 0) is 55.3 Å². The lowest BCUT2D eigenvalue weighted by molar-refractivity contribution is -0.145. The summed E-state index contributed by atoms with van der Waals surface area (Å²) in [5, 5.41) is 2.69. The number of hydrogen-bond donors (Lipinski definition) is 2. The van der Waals surface area contributed by atoms with Crippen molar-refractivity contribution in [1.29, 1.82) is 0 Å². The Morgan fingerprint density at radius 3 is 2.18 bits per heavy atom. The Balaban J connectivity index is 1.73. The highest BCUT2D eigenvalue weighted by Gasteiger charge is 2.23. The van der Waals surface area contributed by atoms with E-state index in [1.54, 1.807) is 32.0 Å². The van der Waals surface area contributed by atoms with Gasteiger partial charge in [-0.2, -0.15) is 0 Å². The lowest BCUT2D eigenvalue weighted by Crippen LogP contribution is -2.43. The molecule has 3 rings (SSSR count). The second-order valence-electron chi connectivity index (χ2n) is 7.41. The fourth-order valence-electron chi connectivity index (χ4n) is 3.20. The van der Waals surface area contributed by atoms with Crippen LogP contribution in [0.1, 0.15) is 28.4 Å². The van der Waals surface area contributed by atoms with Gasteiger partial charge in [0.15, 0.2) is 0 Å². The Kier molecular flexibility index (Phi) is 7.84.